The Bertz CT molecular complexity index is 336. The predicted octanol–water partition coefficient (Wildman–Crippen LogP) is 0.0873. The molecule has 3 nitrogen and oxygen atoms in total. The first-order valence-corrected chi connectivity index (χ1v) is 5.45. The Morgan fingerprint density at radius 3 is 2.23 bits per heavy atom. The average molecular weight is 209 g/mol. The third kappa shape index (κ3) is 6.23. The van der Waals surface area contributed by atoms with Crippen LogP contribution in [0.5, 0.6) is 0 Å². The van der Waals surface area contributed by atoms with Gasteiger partial charge in [-0.1, -0.05) is 30.3 Å². The summed E-state index contributed by atoms with van der Waals surface area (Å²) < 4.78 is 23.8. The molecule has 0 bridgehead atoms. The number of nitrogens with one attached hydrogen (secondary N) is 1. The third-order valence-corrected chi connectivity index (χ3v) is 2.05. The first kappa shape index (κ1) is 13.1. The fourth-order valence-corrected chi connectivity index (χ4v) is 1.24. The molecular weight excluding hydrogens is 197 g/mol. The Morgan fingerprint density at radius 1 is 1.23 bits per heavy atom. The van der Waals surface area contributed by atoms with Gasteiger partial charge in [0.2, 0.25) is 10.0 Å². The van der Waals surface area contributed by atoms with Gasteiger partial charge < -0.3 is 0 Å². The molecule has 1 aromatic rings. The third-order valence-electron chi connectivity index (χ3n) is 1.38. The number of hydrogen-bond donors (Lipinski definition) is 1. The Morgan fingerprint density at radius 2 is 1.77 bits per heavy atom. The second-order valence-corrected chi connectivity index (χ2v) is 4.41. The minimum absolute atomic E-state index is 0. The van der Waals surface area contributed by atoms with Crippen LogP contribution >= 0.6 is 0 Å². The van der Waals surface area contributed by atoms with Crippen LogP contribution in [0.15, 0.2) is 30.3 Å². The number of hydrogen-bond acceptors (Lipinski definition) is 2. The molecule has 0 aliphatic rings. The molecular formula is C8H12NNaO2S. The van der Waals surface area contributed by atoms with Crippen molar-refractivity contribution in [1.29, 1.82) is 0 Å². The molecule has 1 N–H and O–H groups in total. The molecule has 0 saturated carbocycles. The van der Waals surface area contributed by atoms with Gasteiger partial charge in [0.05, 0.1) is 6.26 Å². The number of benzene rings is 1. The summed E-state index contributed by atoms with van der Waals surface area (Å²) in [7, 11) is -3.07. The Kier molecular flexibility index (Phi) is 5.83. The van der Waals surface area contributed by atoms with E-state index >= 15 is 0 Å². The molecule has 68 valence electrons. The predicted molar refractivity (Wildman–Crippen MR) is 55.3 cm³/mol. The average Bonchev–Trinajstić information content (AvgIpc) is 2.02. The molecule has 0 saturated heterocycles. The molecule has 0 aromatic heterocycles. The molecule has 0 spiro atoms. The standard InChI is InChI=1S/C8H11NO2S.Na.H/c1-12(10,11)9-7-8-5-3-2-4-6-8;;/h2-6,9H,7H2,1H3;;. The van der Waals surface area contributed by atoms with Crippen molar-refractivity contribution in [3.8, 4) is 0 Å². The van der Waals surface area contributed by atoms with Crippen molar-refractivity contribution in [3.05, 3.63) is 35.9 Å². The fraction of sp³-hybridized carbons (Fsp3) is 0.250. The van der Waals surface area contributed by atoms with Gasteiger partial charge in [-0.05, 0) is 5.56 Å². The van der Waals surface area contributed by atoms with E-state index in [1.165, 1.54) is 0 Å². The summed E-state index contributed by atoms with van der Waals surface area (Å²) >= 11 is 0. The molecule has 0 unspecified atom stereocenters. The molecule has 0 aliphatic carbocycles. The summed E-state index contributed by atoms with van der Waals surface area (Å²) in [4.78, 5) is 0. The van der Waals surface area contributed by atoms with Gasteiger partial charge in [-0.25, -0.2) is 13.1 Å². The van der Waals surface area contributed by atoms with Gasteiger partial charge >= 0.3 is 29.6 Å². The Hall–Kier alpha value is 0.130. The number of rotatable bonds is 3. The molecule has 0 fully saturated rings. The maximum absolute atomic E-state index is 10.7. The molecule has 1 rings (SSSR count). The second kappa shape index (κ2) is 5.78. The Balaban J connectivity index is 0.00000144. The first-order chi connectivity index (χ1) is 5.58. The van der Waals surface area contributed by atoms with Crippen molar-refractivity contribution >= 4 is 39.6 Å². The van der Waals surface area contributed by atoms with E-state index in [4.69, 9.17) is 0 Å². The molecule has 0 aliphatic heterocycles. The van der Waals surface area contributed by atoms with E-state index in [1.54, 1.807) is 0 Å². The van der Waals surface area contributed by atoms with Crippen LogP contribution in [0.2, 0.25) is 0 Å². The maximum atomic E-state index is 10.7. The summed E-state index contributed by atoms with van der Waals surface area (Å²) in [6, 6.07) is 9.39. The van der Waals surface area contributed by atoms with Crippen LogP contribution in [0, 0.1) is 0 Å². The van der Waals surface area contributed by atoms with Crippen molar-refractivity contribution in [1.82, 2.24) is 4.72 Å². The van der Waals surface area contributed by atoms with Crippen molar-refractivity contribution < 1.29 is 8.42 Å². The zero-order chi connectivity index (χ0) is 9.03. The van der Waals surface area contributed by atoms with Crippen LogP contribution in [0.1, 0.15) is 5.56 Å². The van der Waals surface area contributed by atoms with Gasteiger partial charge in [-0.3, -0.25) is 0 Å². The van der Waals surface area contributed by atoms with Gasteiger partial charge in [0.1, 0.15) is 0 Å². The van der Waals surface area contributed by atoms with Gasteiger partial charge in [-0.2, -0.15) is 0 Å². The summed E-state index contributed by atoms with van der Waals surface area (Å²) in [5.41, 5.74) is 0.961. The van der Waals surface area contributed by atoms with Gasteiger partial charge in [0.25, 0.3) is 0 Å². The molecule has 13 heavy (non-hydrogen) atoms. The molecule has 0 heterocycles. The van der Waals surface area contributed by atoms with E-state index in [0.29, 0.717) is 6.54 Å². The van der Waals surface area contributed by atoms with Gasteiger partial charge in [0, 0.05) is 6.54 Å². The van der Waals surface area contributed by atoms with Crippen molar-refractivity contribution in [2.24, 2.45) is 0 Å². The SMILES string of the molecule is CS(=O)(=O)NCc1ccccc1.[NaH]. The van der Waals surface area contributed by atoms with E-state index in [1.807, 2.05) is 30.3 Å². The van der Waals surface area contributed by atoms with Gasteiger partial charge in [0.15, 0.2) is 0 Å². The van der Waals surface area contributed by atoms with E-state index in [-0.39, 0.29) is 29.6 Å². The van der Waals surface area contributed by atoms with Crippen molar-refractivity contribution in [2.45, 2.75) is 6.54 Å². The van der Waals surface area contributed by atoms with Crippen LogP contribution in [-0.4, -0.2) is 44.2 Å². The molecule has 0 radical (unpaired) electrons. The van der Waals surface area contributed by atoms with Crippen LogP contribution < -0.4 is 4.72 Å². The topological polar surface area (TPSA) is 46.2 Å². The van der Waals surface area contributed by atoms with Crippen LogP contribution in [0.25, 0.3) is 0 Å². The molecule has 1 aromatic carbocycles. The summed E-state index contributed by atoms with van der Waals surface area (Å²) in [5.74, 6) is 0. The summed E-state index contributed by atoms with van der Waals surface area (Å²) in [6.45, 7) is 0.361. The van der Waals surface area contributed by atoms with Gasteiger partial charge in [-0.15, -0.1) is 0 Å². The quantitative estimate of drug-likeness (QED) is 0.717. The van der Waals surface area contributed by atoms with E-state index in [0.717, 1.165) is 11.8 Å². The summed E-state index contributed by atoms with van der Waals surface area (Å²) in [5, 5.41) is 0. The first-order valence-electron chi connectivity index (χ1n) is 3.56. The van der Waals surface area contributed by atoms with E-state index < -0.39 is 10.0 Å². The fourth-order valence-electron chi connectivity index (χ4n) is 0.810. The monoisotopic (exact) mass is 209 g/mol. The zero-order valence-corrected chi connectivity index (χ0v) is 7.64. The second-order valence-electron chi connectivity index (χ2n) is 2.58. The zero-order valence-electron chi connectivity index (χ0n) is 6.82. The van der Waals surface area contributed by atoms with Crippen LogP contribution in [0.3, 0.4) is 0 Å². The Labute approximate surface area is 101 Å². The molecule has 5 heteroatoms. The van der Waals surface area contributed by atoms with E-state index in [2.05, 4.69) is 4.72 Å². The molecule has 0 atom stereocenters. The van der Waals surface area contributed by atoms with Crippen molar-refractivity contribution in [2.75, 3.05) is 6.26 Å². The van der Waals surface area contributed by atoms with Crippen molar-refractivity contribution in [3.63, 3.8) is 0 Å². The number of sulfonamides is 1. The normalized spacial score (nSPS) is 10.5. The molecule has 0 amide bonds. The van der Waals surface area contributed by atoms with E-state index in [9.17, 15) is 8.42 Å². The van der Waals surface area contributed by atoms with Crippen LogP contribution in [-0.2, 0) is 16.6 Å². The summed E-state index contributed by atoms with van der Waals surface area (Å²) in [6.07, 6.45) is 1.15. The minimum atomic E-state index is -3.07. The van der Waals surface area contributed by atoms with Crippen LogP contribution in [0.4, 0.5) is 0 Å².